The van der Waals surface area contributed by atoms with Gasteiger partial charge in [0.2, 0.25) is 0 Å². The molecule has 1 heterocycles. The van der Waals surface area contributed by atoms with E-state index in [-0.39, 0.29) is 11.8 Å². The van der Waals surface area contributed by atoms with Crippen LogP contribution in [-0.4, -0.2) is 5.91 Å². The molecule has 112 valence electrons. The van der Waals surface area contributed by atoms with E-state index in [0.717, 1.165) is 22.5 Å². The summed E-state index contributed by atoms with van der Waals surface area (Å²) in [6, 6.07) is 27.6. The smallest absolute Gasteiger partial charge is 0.257 e. The highest BCUT2D eigenvalue weighted by Gasteiger charge is 2.38. The molecule has 3 aromatic carbocycles. The Morgan fingerprint density at radius 2 is 1.35 bits per heavy atom. The number of rotatable bonds is 3. The molecule has 0 spiro atoms. The molecular formula is C20H16N2O. The minimum atomic E-state index is -0.261. The molecule has 0 saturated heterocycles. The van der Waals surface area contributed by atoms with Crippen molar-refractivity contribution >= 4 is 17.3 Å². The van der Waals surface area contributed by atoms with Gasteiger partial charge in [-0.1, -0.05) is 66.7 Å². The standard InChI is InChI=1S/C20H16N2O/c23-20-19(15-9-3-1-4-10-15)17-13-7-8-14-18(17)22(20)21-16-11-5-2-6-12-16/h1-14,19,21H. The number of anilines is 2. The first-order valence-electron chi connectivity index (χ1n) is 7.64. The normalized spacial score (nSPS) is 16.3. The molecule has 0 saturated carbocycles. The van der Waals surface area contributed by atoms with E-state index < -0.39 is 0 Å². The van der Waals surface area contributed by atoms with Crippen LogP contribution in [0.5, 0.6) is 0 Å². The molecule has 0 fully saturated rings. The molecular weight excluding hydrogens is 284 g/mol. The van der Waals surface area contributed by atoms with Crippen LogP contribution in [-0.2, 0) is 4.79 Å². The second-order valence-corrected chi connectivity index (χ2v) is 5.55. The lowest BCUT2D eigenvalue weighted by atomic mass is 9.93. The number of hydrogen-bond acceptors (Lipinski definition) is 2. The second kappa shape index (κ2) is 5.61. The van der Waals surface area contributed by atoms with Crippen molar-refractivity contribution in [1.29, 1.82) is 0 Å². The summed E-state index contributed by atoms with van der Waals surface area (Å²) in [5, 5.41) is 1.66. The first-order chi connectivity index (χ1) is 11.3. The predicted octanol–water partition coefficient (Wildman–Crippen LogP) is 4.19. The van der Waals surface area contributed by atoms with Gasteiger partial charge in [-0.05, 0) is 29.3 Å². The zero-order chi connectivity index (χ0) is 15.6. The Morgan fingerprint density at radius 1 is 0.739 bits per heavy atom. The third-order valence-corrected chi connectivity index (χ3v) is 4.10. The van der Waals surface area contributed by atoms with Crippen LogP contribution in [0.2, 0.25) is 0 Å². The molecule has 1 aliphatic rings. The fourth-order valence-electron chi connectivity index (χ4n) is 3.04. The van der Waals surface area contributed by atoms with Gasteiger partial charge < -0.3 is 0 Å². The van der Waals surface area contributed by atoms with Gasteiger partial charge in [-0.15, -0.1) is 0 Å². The number of hydrazine groups is 1. The van der Waals surface area contributed by atoms with E-state index in [1.165, 1.54) is 0 Å². The number of nitrogens with zero attached hydrogens (tertiary/aromatic N) is 1. The number of hydrogen-bond donors (Lipinski definition) is 1. The molecule has 3 aromatic rings. The third kappa shape index (κ3) is 2.36. The third-order valence-electron chi connectivity index (χ3n) is 4.10. The van der Waals surface area contributed by atoms with E-state index in [1.54, 1.807) is 5.01 Å². The van der Waals surface area contributed by atoms with E-state index in [9.17, 15) is 4.79 Å². The Balaban J connectivity index is 1.76. The molecule has 3 nitrogen and oxygen atoms in total. The minimum absolute atomic E-state index is 0.0428. The minimum Gasteiger partial charge on any atom is -0.291 e. The summed E-state index contributed by atoms with van der Waals surface area (Å²) in [5.74, 6) is -0.218. The van der Waals surface area contributed by atoms with Crippen molar-refractivity contribution in [3.05, 3.63) is 96.1 Å². The van der Waals surface area contributed by atoms with Gasteiger partial charge in [0.25, 0.3) is 5.91 Å². The zero-order valence-corrected chi connectivity index (χ0v) is 12.5. The van der Waals surface area contributed by atoms with Crippen LogP contribution >= 0.6 is 0 Å². The molecule has 1 atom stereocenters. The van der Waals surface area contributed by atoms with Crippen molar-refractivity contribution < 1.29 is 4.79 Å². The van der Waals surface area contributed by atoms with Crippen LogP contribution in [0, 0.1) is 0 Å². The highest BCUT2D eigenvalue weighted by Crippen LogP contribution is 2.40. The number of carbonyl (C=O) groups excluding carboxylic acids is 1. The summed E-state index contributed by atoms with van der Waals surface area (Å²) < 4.78 is 0. The van der Waals surface area contributed by atoms with Crippen LogP contribution in [0.1, 0.15) is 17.0 Å². The van der Waals surface area contributed by atoms with E-state index in [2.05, 4.69) is 5.43 Å². The van der Waals surface area contributed by atoms with Crippen molar-refractivity contribution in [2.75, 3.05) is 10.4 Å². The van der Waals surface area contributed by atoms with Crippen molar-refractivity contribution in [2.45, 2.75) is 5.92 Å². The van der Waals surface area contributed by atoms with Crippen LogP contribution in [0.3, 0.4) is 0 Å². The maximum Gasteiger partial charge on any atom is 0.257 e. The number of para-hydroxylation sites is 2. The molecule has 23 heavy (non-hydrogen) atoms. The summed E-state index contributed by atoms with van der Waals surface area (Å²) in [6.07, 6.45) is 0. The maximum absolute atomic E-state index is 13.0. The van der Waals surface area contributed by atoms with Gasteiger partial charge in [0.1, 0.15) is 0 Å². The lowest BCUT2D eigenvalue weighted by Crippen LogP contribution is -2.34. The van der Waals surface area contributed by atoms with E-state index in [0.29, 0.717) is 0 Å². The lowest BCUT2D eigenvalue weighted by Gasteiger charge is -2.20. The second-order valence-electron chi connectivity index (χ2n) is 5.55. The van der Waals surface area contributed by atoms with E-state index in [1.807, 2.05) is 84.9 Å². The fourth-order valence-corrected chi connectivity index (χ4v) is 3.04. The van der Waals surface area contributed by atoms with Crippen molar-refractivity contribution in [3.8, 4) is 0 Å². The van der Waals surface area contributed by atoms with Gasteiger partial charge in [-0.2, -0.15) is 0 Å². The van der Waals surface area contributed by atoms with Gasteiger partial charge in [0.05, 0.1) is 17.3 Å². The maximum atomic E-state index is 13.0. The SMILES string of the molecule is O=C1C(c2ccccc2)c2ccccc2N1Nc1ccccc1. The van der Waals surface area contributed by atoms with Gasteiger partial charge in [0, 0.05) is 0 Å². The topological polar surface area (TPSA) is 32.3 Å². The first kappa shape index (κ1) is 13.6. The average Bonchev–Trinajstić information content (AvgIpc) is 2.89. The predicted molar refractivity (Wildman–Crippen MR) is 92.3 cm³/mol. The lowest BCUT2D eigenvalue weighted by molar-refractivity contribution is -0.118. The van der Waals surface area contributed by atoms with Crippen molar-refractivity contribution in [3.63, 3.8) is 0 Å². The number of amides is 1. The molecule has 1 unspecified atom stereocenters. The Kier molecular flexibility index (Phi) is 3.31. The van der Waals surface area contributed by atoms with Crippen LogP contribution < -0.4 is 10.4 Å². The Bertz CT molecular complexity index is 831. The molecule has 1 amide bonds. The molecule has 0 aromatic heterocycles. The highest BCUT2D eigenvalue weighted by atomic mass is 16.2. The van der Waals surface area contributed by atoms with Gasteiger partial charge >= 0.3 is 0 Å². The molecule has 0 aliphatic carbocycles. The summed E-state index contributed by atoms with van der Waals surface area (Å²) in [6.45, 7) is 0. The van der Waals surface area contributed by atoms with Crippen LogP contribution in [0.25, 0.3) is 0 Å². The Labute approximate surface area is 135 Å². The van der Waals surface area contributed by atoms with Crippen molar-refractivity contribution in [2.24, 2.45) is 0 Å². The van der Waals surface area contributed by atoms with Crippen LogP contribution in [0.15, 0.2) is 84.9 Å². The number of benzene rings is 3. The summed E-state index contributed by atoms with van der Waals surface area (Å²) >= 11 is 0. The number of carbonyl (C=O) groups is 1. The molecule has 4 rings (SSSR count). The van der Waals surface area contributed by atoms with E-state index >= 15 is 0 Å². The monoisotopic (exact) mass is 300 g/mol. The zero-order valence-electron chi connectivity index (χ0n) is 12.5. The summed E-state index contributed by atoms with van der Waals surface area (Å²) in [5.41, 5.74) is 7.09. The van der Waals surface area contributed by atoms with Gasteiger partial charge in [-0.3, -0.25) is 10.2 Å². The summed E-state index contributed by atoms with van der Waals surface area (Å²) in [7, 11) is 0. The largest absolute Gasteiger partial charge is 0.291 e. The van der Waals surface area contributed by atoms with Gasteiger partial charge in [0.15, 0.2) is 0 Å². The molecule has 0 bridgehead atoms. The first-order valence-corrected chi connectivity index (χ1v) is 7.64. The quantitative estimate of drug-likeness (QED) is 0.786. The van der Waals surface area contributed by atoms with Gasteiger partial charge in [-0.25, -0.2) is 5.01 Å². The highest BCUT2D eigenvalue weighted by molar-refractivity contribution is 6.08. The number of nitrogens with one attached hydrogen (secondary N) is 1. The van der Waals surface area contributed by atoms with Crippen molar-refractivity contribution in [1.82, 2.24) is 0 Å². The Hall–Kier alpha value is -3.07. The van der Waals surface area contributed by atoms with Crippen LogP contribution in [0.4, 0.5) is 11.4 Å². The molecule has 1 aliphatic heterocycles. The fraction of sp³-hybridized carbons (Fsp3) is 0.0500. The Morgan fingerprint density at radius 3 is 2.09 bits per heavy atom. The molecule has 0 radical (unpaired) electrons. The molecule has 3 heteroatoms. The number of fused-ring (bicyclic) bond motifs is 1. The summed E-state index contributed by atoms with van der Waals surface area (Å²) in [4.78, 5) is 13.0. The molecule has 1 N–H and O–H groups in total. The average molecular weight is 300 g/mol. The van der Waals surface area contributed by atoms with E-state index in [4.69, 9.17) is 0 Å².